The van der Waals surface area contributed by atoms with Gasteiger partial charge < -0.3 is 5.32 Å². The number of hydrogen-bond acceptors (Lipinski definition) is 3. The molecule has 4 rings (SSSR count). The first-order valence-corrected chi connectivity index (χ1v) is 9.27. The topological polar surface area (TPSA) is 42.0 Å². The second-order valence-electron chi connectivity index (χ2n) is 6.60. The van der Waals surface area contributed by atoms with Gasteiger partial charge in [-0.15, -0.1) is 11.3 Å². The Morgan fingerprint density at radius 1 is 1.21 bits per heavy atom. The molecule has 4 heteroatoms. The minimum atomic E-state index is 0.1000. The highest BCUT2D eigenvalue weighted by molar-refractivity contribution is 7.21. The Morgan fingerprint density at radius 2 is 1.96 bits per heavy atom. The molecule has 122 valence electrons. The second kappa shape index (κ2) is 6.36. The molecule has 1 atom stereocenters. The Morgan fingerprint density at radius 3 is 2.75 bits per heavy atom. The van der Waals surface area contributed by atoms with Gasteiger partial charge in [0, 0.05) is 12.0 Å². The highest BCUT2D eigenvalue weighted by Crippen LogP contribution is 2.39. The molecule has 0 spiro atoms. The first-order chi connectivity index (χ1) is 11.7. The number of thiazole rings is 1. The van der Waals surface area contributed by atoms with E-state index in [1.807, 2.05) is 42.5 Å². The molecule has 2 aromatic carbocycles. The van der Waals surface area contributed by atoms with Crippen molar-refractivity contribution >= 4 is 33.1 Å². The van der Waals surface area contributed by atoms with Crippen LogP contribution >= 0.6 is 11.3 Å². The van der Waals surface area contributed by atoms with Crippen molar-refractivity contribution in [2.45, 2.75) is 26.2 Å². The number of rotatable bonds is 5. The van der Waals surface area contributed by atoms with Gasteiger partial charge in [0.05, 0.1) is 15.9 Å². The van der Waals surface area contributed by atoms with E-state index in [1.165, 1.54) is 12.8 Å². The smallest absolute Gasteiger partial charge is 0.224 e. The molecule has 1 N–H and O–H groups in total. The van der Waals surface area contributed by atoms with Crippen molar-refractivity contribution in [2.75, 3.05) is 5.32 Å². The van der Waals surface area contributed by atoms with Gasteiger partial charge in [-0.05, 0) is 48.9 Å². The third-order valence-corrected chi connectivity index (χ3v) is 5.73. The molecule has 1 heterocycles. The molecule has 1 aliphatic rings. The van der Waals surface area contributed by atoms with Crippen molar-refractivity contribution < 1.29 is 4.79 Å². The van der Waals surface area contributed by atoms with E-state index >= 15 is 0 Å². The molecule has 1 aromatic heterocycles. The lowest BCUT2D eigenvalue weighted by atomic mass is 10.0. The lowest BCUT2D eigenvalue weighted by Crippen LogP contribution is -2.16. The van der Waals surface area contributed by atoms with Crippen LogP contribution in [0.5, 0.6) is 0 Å². The van der Waals surface area contributed by atoms with Gasteiger partial charge >= 0.3 is 0 Å². The van der Waals surface area contributed by atoms with Crippen molar-refractivity contribution in [3.8, 4) is 10.6 Å². The van der Waals surface area contributed by atoms with Gasteiger partial charge in [-0.1, -0.05) is 31.2 Å². The van der Waals surface area contributed by atoms with E-state index in [2.05, 4.69) is 18.3 Å². The van der Waals surface area contributed by atoms with Crippen molar-refractivity contribution in [1.82, 2.24) is 4.98 Å². The number of nitrogens with one attached hydrogen (secondary N) is 1. The van der Waals surface area contributed by atoms with E-state index in [0.717, 1.165) is 32.4 Å². The molecule has 24 heavy (non-hydrogen) atoms. The maximum Gasteiger partial charge on any atom is 0.224 e. The average Bonchev–Trinajstić information content (AvgIpc) is 3.34. The molecule has 0 bridgehead atoms. The van der Waals surface area contributed by atoms with Crippen LogP contribution in [-0.4, -0.2) is 10.9 Å². The van der Waals surface area contributed by atoms with E-state index in [-0.39, 0.29) is 5.91 Å². The van der Waals surface area contributed by atoms with E-state index in [4.69, 9.17) is 4.98 Å². The molecular weight excluding hydrogens is 316 g/mol. The molecule has 0 aliphatic heterocycles. The number of aromatic nitrogens is 1. The van der Waals surface area contributed by atoms with Crippen LogP contribution < -0.4 is 5.32 Å². The number of nitrogens with zero attached hydrogens (tertiary/aromatic N) is 1. The number of anilines is 1. The summed E-state index contributed by atoms with van der Waals surface area (Å²) in [7, 11) is 0. The molecule has 0 radical (unpaired) electrons. The summed E-state index contributed by atoms with van der Waals surface area (Å²) in [6.45, 7) is 2.18. The Hall–Kier alpha value is -2.20. The summed E-state index contributed by atoms with van der Waals surface area (Å²) >= 11 is 1.66. The number of hydrogen-bond donors (Lipinski definition) is 1. The van der Waals surface area contributed by atoms with Crippen LogP contribution in [-0.2, 0) is 4.79 Å². The van der Waals surface area contributed by atoms with Crippen molar-refractivity contribution in [3.63, 3.8) is 0 Å². The number of para-hydroxylation sites is 2. The summed E-state index contributed by atoms with van der Waals surface area (Å²) in [6, 6.07) is 16.1. The zero-order valence-corrected chi connectivity index (χ0v) is 14.5. The first kappa shape index (κ1) is 15.3. The molecule has 0 saturated heterocycles. The predicted molar refractivity (Wildman–Crippen MR) is 100 cm³/mol. The summed E-state index contributed by atoms with van der Waals surface area (Å²) in [6.07, 6.45) is 3.15. The van der Waals surface area contributed by atoms with Gasteiger partial charge in [-0.2, -0.15) is 0 Å². The molecule has 1 saturated carbocycles. The largest absolute Gasteiger partial charge is 0.325 e. The lowest BCUT2D eigenvalue weighted by Gasteiger charge is -2.12. The summed E-state index contributed by atoms with van der Waals surface area (Å²) in [4.78, 5) is 17.1. The standard InChI is InChI=1S/C20H20N2OS/c1-13(14-10-11-14)12-19(23)21-16-7-3-2-6-15(16)20-22-17-8-4-5-9-18(17)24-20/h2-9,13-14H,10-12H2,1H3,(H,21,23)/t13-/m0/s1. The molecule has 3 aromatic rings. The first-order valence-electron chi connectivity index (χ1n) is 8.45. The quantitative estimate of drug-likeness (QED) is 0.683. The van der Waals surface area contributed by atoms with Gasteiger partial charge in [-0.3, -0.25) is 4.79 Å². The zero-order chi connectivity index (χ0) is 16.5. The van der Waals surface area contributed by atoms with Crippen LogP contribution in [0.2, 0.25) is 0 Å². The third kappa shape index (κ3) is 3.20. The monoisotopic (exact) mass is 336 g/mol. The Kier molecular flexibility index (Phi) is 4.07. The summed E-state index contributed by atoms with van der Waals surface area (Å²) in [5.74, 6) is 1.32. The summed E-state index contributed by atoms with van der Waals surface area (Å²) < 4.78 is 1.16. The second-order valence-corrected chi connectivity index (χ2v) is 7.63. The van der Waals surface area contributed by atoms with Gasteiger partial charge in [0.2, 0.25) is 5.91 Å². The zero-order valence-electron chi connectivity index (χ0n) is 13.7. The van der Waals surface area contributed by atoms with Crippen LogP contribution in [0, 0.1) is 11.8 Å². The van der Waals surface area contributed by atoms with Crippen LogP contribution in [0.1, 0.15) is 26.2 Å². The minimum absolute atomic E-state index is 0.1000. The number of carbonyl (C=O) groups excluding carboxylic acids is 1. The minimum Gasteiger partial charge on any atom is -0.325 e. The number of fused-ring (bicyclic) bond motifs is 1. The molecule has 1 aliphatic carbocycles. The highest BCUT2D eigenvalue weighted by Gasteiger charge is 2.29. The fraction of sp³-hybridized carbons (Fsp3) is 0.300. The maximum atomic E-state index is 12.4. The number of carbonyl (C=O) groups is 1. The van der Waals surface area contributed by atoms with Crippen LogP contribution in [0.25, 0.3) is 20.8 Å². The van der Waals surface area contributed by atoms with E-state index < -0.39 is 0 Å². The van der Waals surface area contributed by atoms with E-state index in [0.29, 0.717) is 12.3 Å². The molecule has 1 amide bonds. The van der Waals surface area contributed by atoms with Crippen LogP contribution in [0.15, 0.2) is 48.5 Å². The highest BCUT2D eigenvalue weighted by atomic mass is 32.1. The Bertz CT molecular complexity index is 849. The predicted octanol–water partition coefficient (Wildman–Crippen LogP) is 5.34. The van der Waals surface area contributed by atoms with Crippen molar-refractivity contribution in [2.24, 2.45) is 11.8 Å². The number of amides is 1. The van der Waals surface area contributed by atoms with Gasteiger partial charge in [-0.25, -0.2) is 4.98 Å². The molecular formula is C20H20N2OS. The van der Waals surface area contributed by atoms with E-state index in [9.17, 15) is 4.79 Å². The fourth-order valence-corrected chi connectivity index (χ4v) is 4.10. The SMILES string of the molecule is C[C@@H](CC(=O)Nc1ccccc1-c1nc2ccccc2s1)C1CC1. The Labute approximate surface area is 145 Å². The third-order valence-electron chi connectivity index (χ3n) is 4.66. The maximum absolute atomic E-state index is 12.4. The normalized spacial score (nSPS) is 15.4. The van der Waals surface area contributed by atoms with Crippen LogP contribution in [0.3, 0.4) is 0 Å². The molecule has 1 fully saturated rings. The fourth-order valence-electron chi connectivity index (χ4n) is 3.09. The molecule has 3 nitrogen and oxygen atoms in total. The summed E-state index contributed by atoms with van der Waals surface area (Å²) in [5, 5.41) is 4.04. The van der Waals surface area contributed by atoms with Crippen molar-refractivity contribution in [3.05, 3.63) is 48.5 Å². The lowest BCUT2D eigenvalue weighted by molar-refractivity contribution is -0.117. The van der Waals surface area contributed by atoms with Crippen LogP contribution in [0.4, 0.5) is 5.69 Å². The average molecular weight is 336 g/mol. The Balaban J connectivity index is 1.59. The number of benzene rings is 2. The summed E-state index contributed by atoms with van der Waals surface area (Å²) in [5.41, 5.74) is 2.84. The van der Waals surface area contributed by atoms with E-state index in [1.54, 1.807) is 11.3 Å². The van der Waals surface area contributed by atoms with Gasteiger partial charge in [0.15, 0.2) is 0 Å². The van der Waals surface area contributed by atoms with Gasteiger partial charge in [0.1, 0.15) is 5.01 Å². The van der Waals surface area contributed by atoms with Gasteiger partial charge in [0.25, 0.3) is 0 Å². The molecule has 0 unspecified atom stereocenters. The van der Waals surface area contributed by atoms with Crippen molar-refractivity contribution in [1.29, 1.82) is 0 Å².